The summed E-state index contributed by atoms with van der Waals surface area (Å²) >= 11 is 1.59. The minimum absolute atomic E-state index is 0.318. The minimum Gasteiger partial charge on any atom is -0.236 e. The molecule has 0 saturated carbocycles. The molecule has 1 heterocycles. The number of thiazole rings is 1. The summed E-state index contributed by atoms with van der Waals surface area (Å²) in [7, 11) is -3.43. The lowest BCUT2D eigenvalue weighted by molar-refractivity contribution is 0.445. The van der Waals surface area contributed by atoms with Crippen molar-refractivity contribution in [2.24, 2.45) is 0 Å². The highest BCUT2D eigenvalue weighted by atomic mass is 32.2. The maximum atomic E-state index is 12.6. The van der Waals surface area contributed by atoms with E-state index in [-0.39, 0.29) is 0 Å². The number of rotatable bonds is 6. The van der Waals surface area contributed by atoms with E-state index in [0.717, 1.165) is 21.8 Å². The third-order valence-corrected chi connectivity index (χ3v) is 7.25. The minimum atomic E-state index is -3.43. The van der Waals surface area contributed by atoms with Crippen LogP contribution >= 0.6 is 11.3 Å². The zero-order valence-electron chi connectivity index (χ0n) is 15.1. The van der Waals surface area contributed by atoms with Gasteiger partial charge in [-0.2, -0.15) is 4.31 Å². The summed E-state index contributed by atoms with van der Waals surface area (Å²) in [6.45, 7) is 6.68. The van der Waals surface area contributed by atoms with Gasteiger partial charge in [-0.15, -0.1) is 11.3 Å². The molecule has 4 nitrogen and oxygen atoms in total. The molecule has 0 saturated heterocycles. The van der Waals surface area contributed by atoms with Crippen LogP contribution in [0, 0.1) is 6.92 Å². The van der Waals surface area contributed by atoms with Crippen molar-refractivity contribution in [1.29, 1.82) is 0 Å². The van der Waals surface area contributed by atoms with Crippen LogP contribution in [0.15, 0.2) is 58.8 Å². The molecule has 3 aromatic rings. The van der Waals surface area contributed by atoms with E-state index in [1.54, 1.807) is 23.5 Å². The lowest BCUT2D eigenvalue weighted by Gasteiger charge is -2.18. The molecule has 0 bridgehead atoms. The quantitative estimate of drug-likeness (QED) is 0.610. The highest BCUT2D eigenvalue weighted by Crippen LogP contribution is 2.29. The zero-order chi connectivity index (χ0) is 18.7. The van der Waals surface area contributed by atoms with Crippen molar-refractivity contribution in [2.75, 3.05) is 13.1 Å². The number of hydrogen-bond donors (Lipinski definition) is 0. The molecule has 0 aliphatic rings. The van der Waals surface area contributed by atoms with E-state index in [4.69, 9.17) is 4.98 Å². The molecular weight excluding hydrogens is 364 g/mol. The summed E-state index contributed by atoms with van der Waals surface area (Å²) in [6.07, 6.45) is 0. The van der Waals surface area contributed by atoms with Crippen molar-refractivity contribution in [3.63, 3.8) is 0 Å². The Labute approximate surface area is 159 Å². The third-order valence-electron chi connectivity index (χ3n) is 4.30. The van der Waals surface area contributed by atoms with Crippen LogP contribution in [0.5, 0.6) is 0 Å². The topological polar surface area (TPSA) is 50.3 Å². The molecule has 0 spiro atoms. The first kappa shape index (κ1) is 18.8. The Morgan fingerprint density at radius 3 is 2.08 bits per heavy atom. The summed E-state index contributed by atoms with van der Waals surface area (Å²) < 4.78 is 26.6. The first-order valence-corrected chi connectivity index (χ1v) is 10.9. The average Bonchev–Trinajstić information content (AvgIpc) is 3.13. The van der Waals surface area contributed by atoms with Gasteiger partial charge in [0.15, 0.2) is 0 Å². The zero-order valence-corrected chi connectivity index (χ0v) is 16.8. The molecule has 0 unspecified atom stereocenters. The van der Waals surface area contributed by atoms with Gasteiger partial charge in [0.25, 0.3) is 0 Å². The average molecular weight is 387 g/mol. The Hall–Kier alpha value is -2.02. The summed E-state index contributed by atoms with van der Waals surface area (Å²) in [6, 6.07) is 15.2. The summed E-state index contributed by atoms with van der Waals surface area (Å²) in [5.41, 5.74) is 4.08. The van der Waals surface area contributed by atoms with E-state index in [9.17, 15) is 8.42 Å². The van der Waals surface area contributed by atoms with Crippen LogP contribution in [-0.4, -0.2) is 30.8 Å². The van der Waals surface area contributed by atoms with Gasteiger partial charge in [0, 0.05) is 29.6 Å². The molecule has 0 radical (unpaired) electrons. The third kappa shape index (κ3) is 3.72. The van der Waals surface area contributed by atoms with Crippen LogP contribution in [0.3, 0.4) is 0 Å². The number of aryl methyl sites for hydroxylation is 1. The van der Waals surface area contributed by atoms with E-state index in [0.29, 0.717) is 18.0 Å². The highest BCUT2D eigenvalue weighted by molar-refractivity contribution is 7.89. The van der Waals surface area contributed by atoms with Crippen molar-refractivity contribution in [3.05, 3.63) is 59.5 Å². The number of aromatic nitrogens is 1. The molecule has 0 aliphatic heterocycles. The molecule has 0 amide bonds. The molecule has 0 fully saturated rings. The lowest BCUT2D eigenvalue weighted by Crippen LogP contribution is -2.30. The van der Waals surface area contributed by atoms with Crippen LogP contribution in [0.25, 0.3) is 21.8 Å². The Bertz CT molecular complexity index is 971. The first-order chi connectivity index (χ1) is 12.5. The summed E-state index contributed by atoms with van der Waals surface area (Å²) in [5.74, 6) is 0. The second-order valence-electron chi connectivity index (χ2n) is 6.02. The van der Waals surface area contributed by atoms with Crippen molar-refractivity contribution in [2.45, 2.75) is 25.7 Å². The number of hydrogen-bond acceptors (Lipinski definition) is 4. The fourth-order valence-corrected chi connectivity index (χ4v) is 5.04. The monoisotopic (exact) mass is 386 g/mol. The van der Waals surface area contributed by atoms with Gasteiger partial charge in [0.05, 0.1) is 10.6 Å². The van der Waals surface area contributed by atoms with Gasteiger partial charge in [0.1, 0.15) is 5.01 Å². The molecule has 0 N–H and O–H groups in total. The van der Waals surface area contributed by atoms with E-state index in [1.165, 1.54) is 9.87 Å². The molecule has 136 valence electrons. The maximum absolute atomic E-state index is 12.6. The molecule has 6 heteroatoms. The molecule has 1 aromatic heterocycles. The largest absolute Gasteiger partial charge is 0.243 e. The van der Waals surface area contributed by atoms with E-state index < -0.39 is 10.0 Å². The van der Waals surface area contributed by atoms with Crippen molar-refractivity contribution in [3.8, 4) is 21.8 Å². The van der Waals surface area contributed by atoms with E-state index >= 15 is 0 Å². The first-order valence-electron chi connectivity index (χ1n) is 8.59. The SMILES string of the molecule is CCN(CC)S(=O)(=O)c1ccc(-c2csc(-c3ccc(C)cc3)n2)cc1. The van der Waals surface area contributed by atoms with Gasteiger partial charge < -0.3 is 0 Å². The second-order valence-corrected chi connectivity index (χ2v) is 8.81. The van der Waals surface area contributed by atoms with Crippen molar-refractivity contribution < 1.29 is 8.42 Å². The number of benzene rings is 2. The Morgan fingerprint density at radius 2 is 1.50 bits per heavy atom. The van der Waals surface area contributed by atoms with Crippen LogP contribution in [0.4, 0.5) is 0 Å². The number of nitrogens with zero attached hydrogens (tertiary/aromatic N) is 2. The Balaban J connectivity index is 1.87. The molecule has 3 rings (SSSR count). The fraction of sp³-hybridized carbons (Fsp3) is 0.250. The maximum Gasteiger partial charge on any atom is 0.243 e. The fourth-order valence-electron chi connectivity index (χ4n) is 2.75. The summed E-state index contributed by atoms with van der Waals surface area (Å²) in [4.78, 5) is 5.02. The predicted molar refractivity (Wildman–Crippen MR) is 108 cm³/mol. The van der Waals surface area contributed by atoms with Gasteiger partial charge in [0.2, 0.25) is 10.0 Å². The molecule has 26 heavy (non-hydrogen) atoms. The van der Waals surface area contributed by atoms with Gasteiger partial charge in [-0.1, -0.05) is 55.8 Å². The molecular formula is C20H22N2O2S2. The Morgan fingerprint density at radius 1 is 0.923 bits per heavy atom. The smallest absolute Gasteiger partial charge is 0.236 e. The van der Waals surface area contributed by atoms with Gasteiger partial charge >= 0.3 is 0 Å². The summed E-state index contributed by atoms with van der Waals surface area (Å²) in [5, 5.41) is 2.96. The Kier molecular flexibility index (Phi) is 5.55. The standard InChI is InChI=1S/C20H22N2O2S2/c1-4-22(5-2)26(23,24)18-12-10-16(11-13-18)19-14-25-20(21-19)17-8-6-15(3)7-9-17/h6-14H,4-5H2,1-3H3. The van der Waals surface area contributed by atoms with Crippen LogP contribution in [0.2, 0.25) is 0 Å². The second kappa shape index (κ2) is 7.70. The van der Waals surface area contributed by atoms with E-state index in [1.807, 2.05) is 31.4 Å². The van der Waals surface area contributed by atoms with Crippen LogP contribution in [-0.2, 0) is 10.0 Å². The van der Waals surface area contributed by atoms with Crippen molar-refractivity contribution in [1.82, 2.24) is 9.29 Å². The van der Waals surface area contributed by atoms with Gasteiger partial charge in [-0.25, -0.2) is 13.4 Å². The highest BCUT2D eigenvalue weighted by Gasteiger charge is 2.21. The van der Waals surface area contributed by atoms with Crippen LogP contribution < -0.4 is 0 Å². The van der Waals surface area contributed by atoms with Crippen molar-refractivity contribution >= 4 is 21.4 Å². The predicted octanol–water partition coefficient (Wildman–Crippen LogP) is 4.82. The molecule has 2 aromatic carbocycles. The van der Waals surface area contributed by atoms with Gasteiger partial charge in [-0.05, 0) is 19.1 Å². The number of sulfonamides is 1. The van der Waals surface area contributed by atoms with Gasteiger partial charge in [-0.3, -0.25) is 0 Å². The molecule has 0 atom stereocenters. The normalized spacial score (nSPS) is 11.8. The van der Waals surface area contributed by atoms with Crippen LogP contribution in [0.1, 0.15) is 19.4 Å². The lowest BCUT2D eigenvalue weighted by atomic mass is 10.1. The van der Waals surface area contributed by atoms with E-state index in [2.05, 4.69) is 31.2 Å². The molecule has 0 aliphatic carbocycles.